The second-order valence-electron chi connectivity index (χ2n) is 0.765. The molecule has 0 aromatic carbocycles. The molecule has 0 saturated heterocycles. The quantitative estimate of drug-likeness (QED) is 0.393. The first-order valence-corrected chi connectivity index (χ1v) is 2.21. The van der Waals surface area contributed by atoms with Crippen LogP contribution in [0.4, 0.5) is 0 Å². The molecule has 0 atom stereocenters. The molecule has 0 radical (unpaired) electrons. The highest BCUT2D eigenvalue weighted by Gasteiger charge is 1.59. The van der Waals surface area contributed by atoms with E-state index in [4.69, 9.17) is 4.79 Å². The van der Waals surface area contributed by atoms with Crippen molar-refractivity contribution in [2.75, 3.05) is 0 Å². The molecular formula is C4H4ClNO2. The molecule has 1 rings (SSSR count). The SMILES string of the molecule is O=CCl.c1cocn1. The minimum absolute atomic E-state index is 0.222. The van der Waals surface area contributed by atoms with E-state index in [1.54, 1.807) is 6.20 Å². The molecule has 1 heterocycles. The molecule has 0 aliphatic heterocycles. The highest BCUT2D eigenvalue weighted by Crippen LogP contribution is 1.72. The fourth-order valence-electron chi connectivity index (χ4n) is 0.176. The monoisotopic (exact) mass is 133 g/mol. The summed E-state index contributed by atoms with van der Waals surface area (Å²) in [6.07, 6.45) is 4.47. The Kier molecular flexibility index (Phi) is 5.53. The zero-order valence-electron chi connectivity index (χ0n) is 3.95. The van der Waals surface area contributed by atoms with Crippen molar-refractivity contribution in [3.63, 3.8) is 0 Å². The van der Waals surface area contributed by atoms with Crippen LogP contribution in [0.2, 0.25) is 0 Å². The van der Waals surface area contributed by atoms with E-state index in [1.165, 1.54) is 12.7 Å². The molecule has 3 nitrogen and oxygen atoms in total. The summed E-state index contributed by atoms with van der Waals surface area (Å²) in [7, 11) is 0. The second-order valence-corrected chi connectivity index (χ2v) is 0.943. The van der Waals surface area contributed by atoms with Crippen LogP contribution in [-0.4, -0.2) is 10.7 Å². The average Bonchev–Trinajstić information content (AvgIpc) is 2.17. The van der Waals surface area contributed by atoms with Crippen molar-refractivity contribution in [3.05, 3.63) is 18.9 Å². The molecule has 0 N–H and O–H groups in total. The third-order valence-corrected chi connectivity index (χ3v) is 0.347. The number of nitrogens with zero attached hydrogens (tertiary/aromatic N) is 1. The van der Waals surface area contributed by atoms with E-state index in [0.29, 0.717) is 0 Å². The van der Waals surface area contributed by atoms with Crippen LogP contribution < -0.4 is 0 Å². The first kappa shape index (κ1) is 7.17. The molecule has 1 aromatic heterocycles. The maximum Gasteiger partial charge on any atom is 0.208 e. The number of carbonyl (C=O) groups excluding carboxylic acids is 1. The lowest BCUT2D eigenvalue weighted by molar-refractivity contribution is 0.558. The molecule has 1 aromatic rings. The number of oxazole rings is 1. The van der Waals surface area contributed by atoms with Gasteiger partial charge >= 0.3 is 0 Å². The van der Waals surface area contributed by atoms with Crippen molar-refractivity contribution < 1.29 is 9.21 Å². The summed E-state index contributed by atoms with van der Waals surface area (Å²) in [5, 5.41) is 0. The summed E-state index contributed by atoms with van der Waals surface area (Å²) in [5.74, 6) is 0.222. The molecule has 0 spiro atoms. The van der Waals surface area contributed by atoms with Gasteiger partial charge in [-0.1, -0.05) is 0 Å². The van der Waals surface area contributed by atoms with E-state index in [2.05, 4.69) is 21.0 Å². The molecule has 0 saturated carbocycles. The summed E-state index contributed by atoms with van der Waals surface area (Å²) in [6.45, 7) is 0. The van der Waals surface area contributed by atoms with Crippen LogP contribution in [0.15, 0.2) is 23.3 Å². The van der Waals surface area contributed by atoms with Crippen LogP contribution in [0.3, 0.4) is 0 Å². The minimum atomic E-state index is 0.222. The summed E-state index contributed by atoms with van der Waals surface area (Å²) in [4.78, 5) is 12.1. The normalized spacial score (nSPS) is 6.62. The molecule has 44 valence electrons. The third kappa shape index (κ3) is 5.17. The lowest BCUT2D eigenvalue weighted by atomic mass is 11.0. The largest absolute Gasteiger partial charge is 0.452 e. The van der Waals surface area contributed by atoms with E-state index in [0.717, 1.165) is 0 Å². The van der Waals surface area contributed by atoms with Crippen molar-refractivity contribution in [2.24, 2.45) is 0 Å². The summed E-state index contributed by atoms with van der Waals surface area (Å²) < 4.78 is 4.47. The third-order valence-electron chi connectivity index (χ3n) is 0.347. The number of hydrogen-bond acceptors (Lipinski definition) is 3. The number of aromatic nitrogens is 1. The standard InChI is InChI=1S/C3H3NO.CHClO/c1-2-5-3-4-1;2-1-3/h1-3H;1H. The van der Waals surface area contributed by atoms with Gasteiger partial charge < -0.3 is 4.42 Å². The topological polar surface area (TPSA) is 43.1 Å². The number of rotatable bonds is 0. The van der Waals surface area contributed by atoms with Crippen LogP contribution >= 0.6 is 11.6 Å². The van der Waals surface area contributed by atoms with Crippen molar-refractivity contribution in [3.8, 4) is 0 Å². The fraction of sp³-hybridized carbons (Fsp3) is 0. The Morgan fingerprint density at radius 3 is 2.50 bits per heavy atom. The Morgan fingerprint density at radius 1 is 1.75 bits per heavy atom. The lowest BCUT2D eigenvalue weighted by Gasteiger charge is -1.47. The summed E-state index contributed by atoms with van der Waals surface area (Å²) >= 11 is 4.32. The smallest absolute Gasteiger partial charge is 0.208 e. The van der Waals surface area contributed by atoms with Gasteiger partial charge in [-0.2, -0.15) is 0 Å². The number of halogens is 1. The van der Waals surface area contributed by atoms with Gasteiger partial charge in [-0.05, 0) is 11.6 Å². The molecule has 0 aliphatic rings. The van der Waals surface area contributed by atoms with Gasteiger partial charge in [0, 0.05) is 0 Å². The maximum absolute atomic E-state index is 8.57. The molecular weight excluding hydrogens is 130 g/mol. The Labute approximate surface area is 51.3 Å². The Bertz CT molecular complexity index is 100. The first-order chi connectivity index (χ1) is 3.91. The average molecular weight is 134 g/mol. The van der Waals surface area contributed by atoms with Gasteiger partial charge in [0.15, 0.2) is 6.39 Å². The molecule has 4 heteroatoms. The number of hydrogen-bond donors (Lipinski definition) is 0. The summed E-state index contributed by atoms with van der Waals surface area (Å²) in [6, 6.07) is 0. The minimum Gasteiger partial charge on any atom is -0.452 e. The van der Waals surface area contributed by atoms with E-state index in [1.807, 2.05) is 0 Å². The molecule has 0 bridgehead atoms. The van der Waals surface area contributed by atoms with E-state index in [9.17, 15) is 0 Å². The second kappa shape index (κ2) is 6.17. The first-order valence-electron chi connectivity index (χ1n) is 1.78. The van der Waals surface area contributed by atoms with Gasteiger partial charge in [-0.15, -0.1) is 0 Å². The molecule has 0 unspecified atom stereocenters. The highest BCUT2D eigenvalue weighted by molar-refractivity contribution is 6.54. The maximum atomic E-state index is 8.57. The highest BCUT2D eigenvalue weighted by atomic mass is 35.5. The van der Waals surface area contributed by atoms with Gasteiger partial charge in [0.2, 0.25) is 5.75 Å². The van der Waals surface area contributed by atoms with Gasteiger partial charge in [0.25, 0.3) is 0 Å². The Balaban J connectivity index is 0.000000145. The van der Waals surface area contributed by atoms with Crippen LogP contribution in [0.25, 0.3) is 0 Å². The molecule has 0 fully saturated rings. The molecule has 0 aliphatic carbocycles. The molecule has 8 heavy (non-hydrogen) atoms. The molecule has 0 amide bonds. The van der Waals surface area contributed by atoms with E-state index < -0.39 is 0 Å². The van der Waals surface area contributed by atoms with Gasteiger partial charge in [-0.3, -0.25) is 4.79 Å². The summed E-state index contributed by atoms with van der Waals surface area (Å²) in [5.41, 5.74) is 0. The van der Waals surface area contributed by atoms with E-state index in [-0.39, 0.29) is 5.75 Å². The van der Waals surface area contributed by atoms with Gasteiger partial charge in [-0.25, -0.2) is 4.98 Å². The number of carbonyl (C=O) groups is 1. The Hall–Kier alpha value is -0.830. The van der Waals surface area contributed by atoms with Crippen LogP contribution in [0.1, 0.15) is 0 Å². The van der Waals surface area contributed by atoms with Crippen LogP contribution in [0.5, 0.6) is 0 Å². The van der Waals surface area contributed by atoms with Crippen LogP contribution in [0, 0.1) is 0 Å². The predicted molar refractivity (Wildman–Crippen MR) is 29.1 cm³/mol. The van der Waals surface area contributed by atoms with Gasteiger partial charge in [0.1, 0.15) is 6.26 Å². The van der Waals surface area contributed by atoms with Crippen molar-refractivity contribution in [2.45, 2.75) is 0 Å². The van der Waals surface area contributed by atoms with Crippen LogP contribution in [-0.2, 0) is 4.79 Å². The zero-order valence-corrected chi connectivity index (χ0v) is 4.71. The fourth-order valence-corrected chi connectivity index (χ4v) is 0.176. The van der Waals surface area contributed by atoms with E-state index >= 15 is 0 Å². The zero-order chi connectivity index (χ0) is 6.24. The predicted octanol–water partition coefficient (Wildman–Crippen LogP) is 1.09. The van der Waals surface area contributed by atoms with Crippen molar-refractivity contribution in [1.82, 2.24) is 4.98 Å². The Morgan fingerprint density at radius 2 is 2.38 bits per heavy atom. The lowest BCUT2D eigenvalue weighted by Crippen LogP contribution is -1.38. The van der Waals surface area contributed by atoms with Crippen molar-refractivity contribution >= 4 is 17.3 Å². The van der Waals surface area contributed by atoms with Crippen molar-refractivity contribution in [1.29, 1.82) is 0 Å². The van der Waals surface area contributed by atoms with Gasteiger partial charge in [0.05, 0.1) is 6.20 Å².